The normalized spacial score (nSPS) is 16.9. The van der Waals surface area contributed by atoms with Crippen LogP contribution < -0.4 is 5.73 Å². The summed E-state index contributed by atoms with van der Waals surface area (Å²) in [6.45, 7) is 2.12. The molecule has 0 unspecified atom stereocenters. The summed E-state index contributed by atoms with van der Waals surface area (Å²) >= 11 is 1.60. The maximum Gasteiger partial charge on any atom is 0.260 e. The van der Waals surface area contributed by atoms with E-state index in [9.17, 15) is 0 Å². The Labute approximate surface area is 117 Å². The van der Waals surface area contributed by atoms with Gasteiger partial charge >= 0.3 is 0 Å². The predicted octanol–water partition coefficient (Wildman–Crippen LogP) is 3.99. The minimum atomic E-state index is 0.469. The summed E-state index contributed by atoms with van der Waals surface area (Å²) in [5, 5.41) is 4.93. The molecule has 2 heterocycles. The molecule has 0 amide bonds. The Morgan fingerprint density at radius 1 is 1.37 bits per heavy atom. The van der Waals surface area contributed by atoms with Gasteiger partial charge in [-0.05, 0) is 25.3 Å². The minimum Gasteiger partial charge on any atom is -0.390 e. The van der Waals surface area contributed by atoms with Gasteiger partial charge in [0, 0.05) is 10.8 Å². The minimum absolute atomic E-state index is 0.469. The Morgan fingerprint density at radius 3 is 2.84 bits per heavy atom. The van der Waals surface area contributed by atoms with E-state index in [0.29, 0.717) is 11.8 Å². The second-order valence-corrected chi connectivity index (χ2v) is 6.31. The van der Waals surface area contributed by atoms with Crippen LogP contribution in [0.4, 0.5) is 5.00 Å². The Morgan fingerprint density at radius 2 is 2.16 bits per heavy atom. The number of nitrogen functional groups attached to an aromatic ring is 1. The van der Waals surface area contributed by atoms with Crippen LogP contribution in [0.15, 0.2) is 10.6 Å². The molecule has 5 heteroatoms. The van der Waals surface area contributed by atoms with Gasteiger partial charge in [0.2, 0.25) is 0 Å². The molecule has 0 bridgehead atoms. The van der Waals surface area contributed by atoms with Crippen molar-refractivity contribution in [3.63, 3.8) is 0 Å². The third kappa shape index (κ3) is 2.52. The highest BCUT2D eigenvalue weighted by atomic mass is 32.1. The molecule has 1 aliphatic rings. The molecule has 3 rings (SSSR count). The highest BCUT2D eigenvalue weighted by Gasteiger charge is 2.22. The molecule has 2 N–H and O–H groups in total. The van der Waals surface area contributed by atoms with E-state index in [4.69, 9.17) is 10.3 Å². The molecule has 0 aromatic carbocycles. The number of nitrogens with zero attached hydrogens (tertiary/aromatic N) is 2. The van der Waals surface area contributed by atoms with Crippen molar-refractivity contribution in [2.75, 3.05) is 5.73 Å². The van der Waals surface area contributed by atoms with Crippen molar-refractivity contribution in [1.82, 2.24) is 10.1 Å². The van der Waals surface area contributed by atoms with Crippen molar-refractivity contribution >= 4 is 16.3 Å². The molecule has 0 radical (unpaired) electrons. The first-order valence-electron chi connectivity index (χ1n) is 7.00. The van der Waals surface area contributed by atoms with Crippen molar-refractivity contribution in [2.24, 2.45) is 0 Å². The summed E-state index contributed by atoms with van der Waals surface area (Å²) in [6, 6.07) is 2.07. The molecule has 2 aromatic rings. The van der Waals surface area contributed by atoms with Crippen LogP contribution in [0.5, 0.6) is 0 Å². The number of aryl methyl sites for hydroxylation is 1. The van der Waals surface area contributed by atoms with E-state index in [1.807, 2.05) is 0 Å². The van der Waals surface area contributed by atoms with E-state index in [2.05, 4.69) is 23.1 Å². The zero-order valence-corrected chi connectivity index (χ0v) is 12.0. The third-order valence-corrected chi connectivity index (χ3v) is 4.91. The van der Waals surface area contributed by atoms with Crippen molar-refractivity contribution < 1.29 is 4.52 Å². The third-order valence-electron chi connectivity index (χ3n) is 3.80. The lowest BCUT2D eigenvalue weighted by molar-refractivity contribution is 0.385. The molecule has 2 aromatic heterocycles. The Kier molecular flexibility index (Phi) is 3.55. The SMILES string of the molecule is CCc1cc(-c2nc(C3CCCCC3)no2)c(N)s1. The summed E-state index contributed by atoms with van der Waals surface area (Å²) in [6.07, 6.45) is 7.22. The molecule has 0 spiro atoms. The standard InChI is InChI=1S/C14H19N3OS/c1-2-10-8-11(12(15)19-10)14-16-13(17-18-14)9-6-4-3-5-7-9/h8-9H,2-7,15H2,1H3. The quantitative estimate of drug-likeness (QED) is 0.921. The molecule has 0 atom stereocenters. The molecule has 1 saturated carbocycles. The first-order valence-corrected chi connectivity index (χ1v) is 7.81. The van der Waals surface area contributed by atoms with Crippen LogP contribution in [0.25, 0.3) is 11.5 Å². The number of thiophene rings is 1. The lowest BCUT2D eigenvalue weighted by atomic mass is 9.89. The van der Waals surface area contributed by atoms with E-state index in [0.717, 1.165) is 22.8 Å². The highest BCUT2D eigenvalue weighted by Crippen LogP contribution is 2.36. The number of aromatic nitrogens is 2. The van der Waals surface area contributed by atoms with E-state index in [-0.39, 0.29) is 0 Å². The van der Waals surface area contributed by atoms with Crippen LogP contribution in [0.2, 0.25) is 0 Å². The number of hydrogen-bond acceptors (Lipinski definition) is 5. The molecule has 0 saturated heterocycles. The molecule has 4 nitrogen and oxygen atoms in total. The Balaban J connectivity index is 1.85. The average Bonchev–Trinajstić information content (AvgIpc) is 3.06. The second-order valence-electron chi connectivity index (χ2n) is 5.14. The van der Waals surface area contributed by atoms with Gasteiger partial charge in [-0.15, -0.1) is 11.3 Å². The first kappa shape index (κ1) is 12.7. The van der Waals surface area contributed by atoms with E-state index in [1.54, 1.807) is 11.3 Å². The molecular formula is C14H19N3OS. The lowest BCUT2D eigenvalue weighted by Crippen LogP contribution is -2.06. The predicted molar refractivity (Wildman–Crippen MR) is 77.2 cm³/mol. The molecule has 1 aliphatic carbocycles. The summed E-state index contributed by atoms with van der Waals surface area (Å²) < 4.78 is 5.41. The number of nitrogens with two attached hydrogens (primary N) is 1. The van der Waals surface area contributed by atoms with Crippen molar-refractivity contribution in [2.45, 2.75) is 51.4 Å². The Bertz CT molecular complexity index is 555. The lowest BCUT2D eigenvalue weighted by Gasteiger charge is -2.17. The number of rotatable bonds is 3. The molecule has 1 fully saturated rings. The molecule has 0 aliphatic heterocycles. The van der Waals surface area contributed by atoms with Crippen molar-refractivity contribution in [3.05, 3.63) is 16.8 Å². The summed E-state index contributed by atoms with van der Waals surface area (Å²) in [5.41, 5.74) is 6.93. The topological polar surface area (TPSA) is 64.9 Å². The monoisotopic (exact) mass is 277 g/mol. The fraction of sp³-hybridized carbons (Fsp3) is 0.571. The van der Waals surface area contributed by atoms with Gasteiger partial charge in [0.1, 0.15) is 0 Å². The fourth-order valence-electron chi connectivity index (χ4n) is 2.67. The fourth-order valence-corrected chi connectivity index (χ4v) is 3.53. The summed E-state index contributed by atoms with van der Waals surface area (Å²) in [4.78, 5) is 5.82. The zero-order chi connectivity index (χ0) is 13.2. The Hall–Kier alpha value is -1.36. The van der Waals surface area contributed by atoms with Crippen molar-refractivity contribution in [1.29, 1.82) is 0 Å². The zero-order valence-electron chi connectivity index (χ0n) is 11.2. The second kappa shape index (κ2) is 5.33. The summed E-state index contributed by atoms with van der Waals surface area (Å²) in [7, 11) is 0. The summed E-state index contributed by atoms with van der Waals surface area (Å²) in [5.74, 6) is 1.91. The maximum atomic E-state index is 6.03. The maximum absolute atomic E-state index is 6.03. The van der Waals surface area contributed by atoms with Crippen LogP contribution in [0.3, 0.4) is 0 Å². The highest BCUT2D eigenvalue weighted by molar-refractivity contribution is 7.16. The van der Waals surface area contributed by atoms with E-state index >= 15 is 0 Å². The van der Waals surface area contributed by atoms with Crippen LogP contribution >= 0.6 is 11.3 Å². The van der Waals surface area contributed by atoms with Gasteiger partial charge < -0.3 is 10.3 Å². The van der Waals surface area contributed by atoms with E-state index < -0.39 is 0 Å². The largest absolute Gasteiger partial charge is 0.390 e. The van der Waals surface area contributed by atoms with Gasteiger partial charge in [0.25, 0.3) is 5.89 Å². The van der Waals surface area contributed by atoms with Gasteiger partial charge in [0.15, 0.2) is 5.82 Å². The van der Waals surface area contributed by atoms with Crippen LogP contribution in [0, 0.1) is 0 Å². The molecule has 19 heavy (non-hydrogen) atoms. The first-order chi connectivity index (χ1) is 9.28. The van der Waals surface area contributed by atoms with Crippen LogP contribution in [0.1, 0.15) is 55.6 Å². The number of hydrogen-bond donors (Lipinski definition) is 1. The number of anilines is 1. The average molecular weight is 277 g/mol. The smallest absolute Gasteiger partial charge is 0.260 e. The van der Waals surface area contributed by atoms with Crippen LogP contribution in [-0.4, -0.2) is 10.1 Å². The molecular weight excluding hydrogens is 258 g/mol. The van der Waals surface area contributed by atoms with Gasteiger partial charge in [-0.1, -0.05) is 31.3 Å². The van der Waals surface area contributed by atoms with Gasteiger partial charge in [-0.25, -0.2) is 0 Å². The molecule has 102 valence electrons. The van der Waals surface area contributed by atoms with Gasteiger partial charge in [-0.2, -0.15) is 4.98 Å². The van der Waals surface area contributed by atoms with E-state index in [1.165, 1.54) is 37.0 Å². The van der Waals surface area contributed by atoms with Gasteiger partial charge in [0.05, 0.1) is 10.6 Å². The van der Waals surface area contributed by atoms with Crippen LogP contribution in [-0.2, 0) is 6.42 Å². The van der Waals surface area contributed by atoms with Gasteiger partial charge in [-0.3, -0.25) is 0 Å². The van der Waals surface area contributed by atoms with Crippen molar-refractivity contribution in [3.8, 4) is 11.5 Å².